The molecule has 3 aromatic rings. The molecule has 7 nitrogen and oxygen atoms in total. The van der Waals surface area contributed by atoms with E-state index in [0.29, 0.717) is 35.1 Å². The summed E-state index contributed by atoms with van der Waals surface area (Å²) >= 11 is 0. The number of hydrogen-bond donors (Lipinski definition) is 3. The number of likely N-dealkylation sites (tertiary alicyclic amines) is 1. The highest BCUT2D eigenvalue weighted by Crippen LogP contribution is 2.26. The van der Waals surface area contributed by atoms with Crippen LogP contribution >= 0.6 is 0 Å². The van der Waals surface area contributed by atoms with E-state index in [9.17, 15) is 14.7 Å². The Labute approximate surface area is 187 Å². The molecule has 0 spiro atoms. The minimum Gasteiger partial charge on any atom is -0.508 e. The Hall–Kier alpha value is -3.45. The van der Waals surface area contributed by atoms with Crippen molar-refractivity contribution in [2.45, 2.75) is 32.2 Å². The van der Waals surface area contributed by atoms with Crippen molar-refractivity contribution in [2.75, 3.05) is 20.1 Å². The molecule has 7 heteroatoms. The number of benzene rings is 2. The number of rotatable bonds is 6. The van der Waals surface area contributed by atoms with Gasteiger partial charge in [-0.25, -0.2) is 4.79 Å². The highest BCUT2D eigenvalue weighted by Gasteiger charge is 2.20. The highest BCUT2D eigenvalue weighted by atomic mass is 16.3. The van der Waals surface area contributed by atoms with E-state index in [1.54, 1.807) is 43.3 Å². The van der Waals surface area contributed by atoms with Crippen LogP contribution in [-0.4, -0.2) is 52.1 Å². The zero-order valence-electron chi connectivity index (χ0n) is 18.4. The van der Waals surface area contributed by atoms with Gasteiger partial charge in [0.15, 0.2) is 0 Å². The van der Waals surface area contributed by atoms with Gasteiger partial charge in [0.2, 0.25) is 0 Å². The normalized spacial score (nSPS) is 16.2. The van der Waals surface area contributed by atoms with Gasteiger partial charge in [0.25, 0.3) is 5.91 Å². The highest BCUT2D eigenvalue weighted by molar-refractivity contribution is 5.94. The smallest absolute Gasteiger partial charge is 0.345 e. The summed E-state index contributed by atoms with van der Waals surface area (Å²) in [4.78, 5) is 33.8. The molecule has 2 aromatic carbocycles. The molecule has 2 heterocycles. The van der Waals surface area contributed by atoms with Gasteiger partial charge in [-0.05, 0) is 87.3 Å². The Morgan fingerprint density at radius 3 is 2.62 bits per heavy atom. The first-order valence-electron chi connectivity index (χ1n) is 10.9. The zero-order chi connectivity index (χ0) is 22.7. The van der Waals surface area contributed by atoms with Crippen molar-refractivity contribution in [3.05, 3.63) is 70.1 Å². The van der Waals surface area contributed by atoms with Crippen LogP contribution in [0.3, 0.4) is 0 Å². The summed E-state index contributed by atoms with van der Waals surface area (Å²) in [5.74, 6) is 0.101. The predicted molar refractivity (Wildman–Crippen MR) is 125 cm³/mol. The van der Waals surface area contributed by atoms with Crippen LogP contribution in [0.25, 0.3) is 22.5 Å². The van der Waals surface area contributed by atoms with Crippen LogP contribution in [0.1, 0.15) is 35.2 Å². The van der Waals surface area contributed by atoms with Gasteiger partial charge >= 0.3 is 5.69 Å². The number of nitrogens with one attached hydrogen (secondary N) is 2. The lowest BCUT2D eigenvalue weighted by molar-refractivity contribution is 0.0950. The van der Waals surface area contributed by atoms with Gasteiger partial charge in [-0.3, -0.25) is 4.79 Å². The molecule has 0 bridgehead atoms. The largest absolute Gasteiger partial charge is 0.508 e. The van der Waals surface area contributed by atoms with Crippen molar-refractivity contribution in [3.8, 4) is 28.3 Å². The quantitative estimate of drug-likeness (QED) is 0.555. The number of phenols is 1. The molecule has 1 unspecified atom stereocenters. The molecule has 1 atom stereocenters. The van der Waals surface area contributed by atoms with Crippen LogP contribution in [0.4, 0.5) is 0 Å². The lowest BCUT2D eigenvalue weighted by Gasteiger charge is -2.19. The van der Waals surface area contributed by atoms with Crippen LogP contribution in [0, 0.1) is 6.92 Å². The number of carbonyl (C=O) groups excluding carboxylic acids is 1. The van der Waals surface area contributed by atoms with E-state index in [2.05, 4.69) is 27.2 Å². The number of phenolic OH excluding ortho intramolecular Hbond substituents is 1. The topological polar surface area (TPSA) is 98.3 Å². The summed E-state index contributed by atoms with van der Waals surface area (Å²) in [6, 6.07) is 14.6. The summed E-state index contributed by atoms with van der Waals surface area (Å²) in [7, 11) is 2.13. The molecule has 1 aliphatic heterocycles. The molecule has 1 aliphatic rings. The lowest BCUT2D eigenvalue weighted by Crippen LogP contribution is -2.31. The van der Waals surface area contributed by atoms with Gasteiger partial charge in [0.05, 0.1) is 11.4 Å². The van der Waals surface area contributed by atoms with E-state index < -0.39 is 5.69 Å². The molecule has 0 aliphatic carbocycles. The Morgan fingerprint density at radius 1 is 1.19 bits per heavy atom. The SMILES string of the molecule is Cc1cc(-c2cc(-c3ccc(C(=O)NCCC4CCCN4C)cc3)[nH]c(=O)n2)ccc1O. The number of aryl methyl sites for hydroxylation is 1. The maximum atomic E-state index is 12.5. The van der Waals surface area contributed by atoms with E-state index in [4.69, 9.17) is 0 Å². The Balaban J connectivity index is 1.46. The van der Waals surface area contributed by atoms with E-state index in [1.807, 2.05) is 12.1 Å². The molecule has 1 fully saturated rings. The van der Waals surface area contributed by atoms with Gasteiger partial charge in [-0.2, -0.15) is 4.98 Å². The van der Waals surface area contributed by atoms with Crippen molar-refractivity contribution in [1.29, 1.82) is 0 Å². The third-order valence-electron chi connectivity index (χ3n) is 6.13. The van der Waals surface area contributed by atoms with Crippen molar-refractivity contribution in [2.24, 2.45) is 0 Å². The van der Waals surface area contributed by atoms with E-state index in [1.165, 1.54) is 12.8 Å². The molecular formula is C25H28N4O3. The molecule has 3 N–H and O–H groups in total. The average Bonchev–Trinajstić information content (AvgIpc) is 3.20. The minimum atomic E-state index is -0.457. The summed E-state index contributed by atoms with van der Waals surface area (Å²) in [5, 5.41) is 12.7. The summed E-state index contributed by atoms with van der Waals surface area (Å²) < 4.78 is 0. The van der Waals surface area contributed by atoms with Crippen molar-refractivity contribution in [1.82, 2.24) is 20.2 Å². The molecular weight excluding hydrogens is 404 g/mol. The number of hydrogen-bond acceptors (Lipinski definition) is 5. The summed E-state index contributed by atoms with van der Waals surface area (Å²) in [6.45, 7) is 3.58. The number of nitrogens with zero attached hydrogens (tertiary/aromatic N) is 2. The second-order valence-electron chi connectivity index (χ2n) is 8.39. The van der Waals surface area contributed by atoms with Gasteiger partial charge in [0.1, 0.15) is 5.75 Å². The minimum absolute atomic E-state index is 0.0966. The third-order valence-corrected chi connectivity index (χ3v) is 6.13. The number of H-pyrrole nitrogens is 1. The standard InChI is InChI=1S/C25H28N4O3/c1-16-14-19(9-10-23(16)30)22-15-21(27-25(32)28-22)17-5-7-18(8-6-17)24(31)26-12-11-20-4-3-13-29(20)2/h5-10,14-15,20,30H,3-4,11-13H2,1-2H3,(H,26,31)(H,27,28,32). The molecule has 1 saturated heterocycles. The van der Waals surface area contributed by atoms with Crippen LogP contribution in [0.5, 0.6) is 5.75 Å². The first kappa shape index (κ1) is 21.8. The Kier molecular flexibility index (Phi) is 6.37. The maximum absolute atomic E-state index is 12.5. The van der Waals surface area contributed by atoms with Crippen LogP contribution < -0.4 is 11.0 Å². The molecule has 4 rings (SSSR count). The van der Waals surface area contributed by atoms with E-state index in [-0.39, 0.29) is 11.7 Å². The van der Waals surface area contributed by atoms with Gasteiger partial charge in [0, 0.05) is 23.7 Å². The first-order chi connectivity index (χ1) is 15.4. The van der Waals surface area contributed by atoms with E-state index >= 15 is 0 Å². The number of aromatic amines is 1. The number of aromatic hydroxyl groups is 1. The second kappa shape index (κ2) is 9.36. The van der Waals surface area contributed by atoms with Crippen molar-refractivity contribution in [3.63, 3.8) is 0 Å². The number of amides is 1. The zero-order valence-corrected chi connectivity index (χ0v) is 18.4. The van der Waals surface area contributed by atoms with Gasteiger partial charge < -0.3 is 20.3 Å². The van der Waals surface area contributed by atoms with Crippen molar-refractivity contribution >= 4 is 5.91 Å². The molecule has 1 aromatic heterocycles. The fourth-order valence-electron chi connectivity index (χ4n) is 4.18. The molecule has 1 amide bonds. The first-order valence-corrected chi connectivity index (χ1v) is 10.9. The number of carbonyl (C=O) groups is 1. The molecule has 166 valence electrons. The maximum Gasteiger partial charge on any atom is 0.345 e. The fraction of sp³-hybridized carbons (Fsp3) is 0.320. The van der Waals surface area contributed by atoms with E-state index in [0.717, 1.165) is 24.1 Å². The fourth-order valence-corrected chi connectivity index (χ4v) is 4.18. The monoisotopic (exact) mass is 432 g/mol. The second-order valence-corrected chi connectivity index (χ2v) is 8.39. The van der Waals surface area contributed by atoms with Crippen molar-refractivity contribution < 1.29 is 9.90 Å². The Bertz CT molecular complexity index is 1170. The average molecular weight is 433 g/mol. The molecule has 0 radical (unpaired) electrons. The Morgan fingerprint density at radius 2 is 1.94 bits per heavy atom. The predicted octanol–water partition coefficient (Wildman–Crippen LogP) is 3.33. The molecule has 0 saturated carbocycles. The number of aromatic nitrogens is 2. The van der Waals surface area contributed by atoms with Gasteiger partial charge in [-0.15, -0.1) is 0 Å². The molecule has 32 heavy (non-hydrogen) atoms. The van der Waals surface area contributed by atoms with Gasteiger partial charge in [-0.1, -0.05) is 12.1 Å². The van der Waals surface area contributed by atoms with Crippen LogP contribution in [0.15, 0.2) is 53.3 Å². The van der Waals surface area contributed by atoms with Crippen LogP contribution in [0.2, 0.25) is 0 Å². The lowest BCUT2D eigenvalue weighted by atomic mass is 10.0. The summed E-state index contributed by atoms with van der Waals surface area (Å²) in [5.41, 5.74) is 3.50. The summed E-state index contributed by atoms with van der Waals surface area (Å²) in [6.07, 6.45) is 3.37. The third kappa shape index (κ3) is 4.89. The van der Waals surface area contributed by atoms with Crippen LogP contribution in [-0.2, 0) is 0 Å².